The maximum atomic E-state index is 12.5. The van der Waals surface area contributed by atoms with Crippen molar-refractivity contribution in [3.8, 4) is 0 Å². The van der Waals surface area contributed by atoms with E-state index in [0.717, 1.165) is 49.7 Å². The van der Waals surface area contributed by atoms with Crippen LogP contribution < -0.4 is 4.90 Å². The van der Waals surface area contributed by atoms with Gasteiger partial charge in [0.2, 0.25) is 0 Å². The first-order chi connectivity index (χ1) is 17.0. The summed E-state index contributed by atoms with van der Waals surface area (Å²) in [6.07, 6.45) is 6.83. The SMILES string of the molecule is O=C1C=CC(=O)OC2(CN(c3ccc4[nH]ccc4c3)CCN2CCc2c[nH]c3ccc(Br)cc23)O1. The van der Waals surface area contributed by atoms with Crippen molar-refractivity contribution in [2.24, 2.45) is 0 Å². The van der Waals surface area contributed by atoms with Gasteiger partial charge in [-0.15, -0.1) is 0 Å². The Bertz CT molecular complexity index is 1450. The number of benzene rings is 2. The molecule has 4 heterocycles. The second-order valence-corrected chi connectivity index (χ2v) is 9.72. The van der Waals surface area contributed by atoms with E-state index in [1.54, 1.807) is 0 Å². The molecule has 2 aromatic carbocycles. The topological polar surface area (TPSA) is 90.7 Å². The van der Waals surface area contributed by atoms with Gasteiger partial charge in [0.15, 0.2) is 0 Å². The largest absolute Gasteiger partial charge is 0.403 e. The Morgan fingerprint density at radius 1 is 0.943 bits per heavy atom. The van der Waals surface area contributed by atoms with Gasteiger partial charge in [-0.1, -0.05) is 15.9 Å². The first-order valence-corrected chi connectivity index (χ1v) is 12.3. The molecule has 0 atom stereocenters. The Morgan fingerprint density at radius 2 is 1.74 bits per heavy atom. The van der Waals surface area contributed by atoms with Crippen LogP contribution >= 0.6 is 15.9 Å². The zero-order chi connectivity index (χ0) is 24.0. The third kappa shape index (κ3) is 4.11. The number of nitrogens with zero attached hydrogens (tertiary/aromatic N) is 2. The molecule has 2 N–H and O–H groups in total. The van der Waals surface area contributed by atoms with Crippen LogP contribution in [0.25, 0.3) is 21.8 Å². The molecule has 1 saturated heterocycles. The van der Waals surface area contributed by atoms with Crippen LogP contribution in [0.5, 0.6) is 0 Å². The van der Waals surface area contributed by atoms with Crippen molar-refractivity contribution in [1.29, 1.82) is 0 Å². The van der Waals surface area contributed by atoms with Crippen LogP contribution in [0.15, 0.2) is 71.5 Å². The number of H-pyrrole nitrogens is 2. The lowest BCUT2D eigenvalue weighted by Gasteiger charge is -2.48. The fourth-order valence-electron chi connectivity index (χ4n) is 4.92. The number of aromatic nitrogens is 2. The molecule has 0 amide bonds. The number of ether oxygens (including phenoxy) is 2. The van der Waals surface area contributed by atoms with Gasteiger partial charge in [-0.2, -0.15) is 0 Å². The maximum absolute atomic E-state index is 12.5. The zero-order valence-electron chi connectivity index (χ0n) is 18.8. The van der Waals surface area contributed by atoms with Gasteiger partial charge in [0.25, 0.3) is 0 Å². The summed E-state index contributed by atoms with van der Waals surface area (Å²) in [5.41, 5.74) is 4.21. The molecule has 6 rings (SSSR count). The van der Waals surface area contributed by atoms with Gasteiger partial charge >= 0.3 is 17.8 Å². The lowest BCUT2D eigenvalue weighted by Crippen LogP contribution is -2.66. The molecule has 8 nitrogen and oxygen atoms in total. The van der Waals surface area contributed by atoms with E-state index in [1.165, 1.54) is 0 Å². The highest BCUT2D eigenvalue weighted by Crippen LogP contribution is 2.32. The number of aromatic amines is 2. The highest BCUT2D eigenvalue weighted by Gasteiger charge is 2.49. The van der Waals surface area contributed by atoms with Gasteiger partial charge in [0.1, 0.15) is 6.54 Å². The summed E-state index contributed by atoms with van der Waals surface area (Å²) in [4.78, 5) is 35.5. The summed E-state index contributed by atoms with van der Waals surface area (Å²) in [6.45, 7) is 2.00. The number of halogens is 1. The third-order valence-corrected chi connectivity index (χ3v) is 7.16. The predicted octanol–water partition coefficient (Wildman–Crippen LogP) is 4.09. The second-order valence-electron chi connectivity index (χ2n) is 8.80. The molecule has 1 spiro atoms. The molecular formula is C26H23BrN4O4. The minimum absolute atomic E-state index is 0.210. The number of carbonyl (C=O) groups is 2. The molecule has 0 aliphatic carbocycles. The number of esters is 2. The summed E-state index contributed by atoms with van der Waals surface area (Å²) in [5, 5.41) is 2.21. The highest BCUT2D eigenvalue weighted by molar-refractivity contribution is 9.10. The van der Waals surface area contributed by atoms with E-state index in [-0.39, 0.29) is 6.54 Å². The minimum Gasteiger partial charge on any atom is -0.403 e. The summed E-state index contributed by atoms with van der Waals surface area (Å²) in [6, 6.07) is 14.2. The lowest BCUT2D eigenvalue weighted by atomic mass is 10.1. The Morgan fingerprint density at radius 3 is 2.57 bits per heavy atom. The number of rotatable bonds is 4. The zero-order valence-corrected chi connectivity index (χ0v) is 20.4. The molecule has 0 unspecified atom stereocenters. The quantitative estimate of drug-likeness (QED) is 0.383. The minimum atomic E-state index is -1.52. The molecule has 1 fully saturated rings. The molecule has 4 aromatic rings. The van der Waals surface area contributed by atoms with Gasteiger partial charge in [-0.25, -0.2) is 14.5 Å². The normalized spacial score (nSPS) is 18.3. The van der Waals surface area contributed by atoms with E-state index in [9.17, 15) is 9.59 Å². The van der Waals surface area contributed by atoms with E-state index in [1.807, 2.05) is 47.6 Å². The molecule has 2 aromatic heterocycles. The summed E-state index contributed by atoms with van der Waals surface area (Å²) >= 11 is 3.55. The van der Waals surface area contributed by atoms with Gasteiger partial charge in [0.05, 0.1) is 0 Å². The van der Waals surface area contributed by atoms with Crippen LogP contribution in [-0.2, 0) is 25.5 Å². The van der Waals surface area contributed by atoms with Crippen molar-refractivity contribution in [3.05, 3.63) is 77.0 Å². The average Bonchev–Trinajstić information content (AvgIpc) is 3.44. The summed E-state index contributed by atoms with van der Waals surface area (Å²) in [5.74, 6) is -2.71. The van der Waals surface area contributed by atoms with Gasteiger partial charge in [-0.05, 0) is 54.4 Å². The molecule has 0 radical (unpaired) electrons. The lowest BCUT2D eigenvalue weighted by molar-refractivity contribution is -0.282. The van der Waals surface area contributed by atoms with Crippen molar-refractivity contribution in [2.45, 2.75) is 12.3 Å². The number of fused-ring (bicyclic) bond motifs is 2. The van der Waals surface area contributed by atoms with Crippen LogP contribution in [-0.4, -0.2) is 58.9 Å². The van der Waals surface area contributed by atoms with Crippen LogP contribution in [0.4, 0.5) is 5.69 Å². The Hall–Kier alpha value is -3.56. The molecule has 2 aliphatic rings. The van der Waals surface area contributed by atoms with E-state index >= 15 is 0 Å². The van der Waals surface area contributed by atoms with Gasteiger partial charge < -0.3 is 24.3 Å². The van der Waals surface area contributed by atoms with Gasteiger partial charge in [0, 0.05) is 76.1 Å². The second kappa shape index (κ2) is 8.58. The maximum Gasteiger partial charge on any atom is 0.339 e. The number of nitrogens with one attached hydrogen (secondary N) is 2. The number of piperazine rings is 1. The van der Waals surface area contributed by atoms with Crippen molar-refractivity contribution in [2.75, 3.05) is 31.1 Å². The Labute approximate surface area is 209 Å². The van der Waals surface area contributed by atoms with Gasteiger partial charge in [-0.3, -0.25) is 0 Å². The number of anilines is 1. The third-order valence-electron chi connectivity index (χ3n) is 6.67. The van der Waals surface area contributed by atoms with E-state index in [4.69, 9.17) is 9.47 Å². The molecule has 2 aliphatic heterocycles. The monoisotopic (exact) mass is 534 g/mol. The van der Waals surface area contributed by atoms with E-state index in [2.05, 4.69) is 42.9 Å². The summed E-state index contributed by atoms with van der Waals surface area (Å²) < 4.78 is 12.6. The smallest absolute Gasteiger partial charge is 0.339 e. The fourth-order valence-corrected chi connectivity index (χ4v) is 5.28. The van der Waals surface area contributed by atoms with E-state index < -0.39 is 17.8 Å². The van der Waals surface area contributed by atoms with Crippen molar-refractivity contribution >= 4 is 55.4 Å². The summed E-state index contributed by atoms with van der Waals surface area (Å²) in [7, 11) is 0. The highest BCUT2D eigenvalue weighted by atomic mass is 79.9. The number of hydrogen-bond donors (Lipinski definition) is 2. The number of carbonyl (C=O) groups excluding carboxylic acids is 2. The van der Waals surface area contributed by atoms with Crippen LogP contribution in [0.3, 0.4) is 0 Å². The Kier molecular flexibility index (Phi) is 5.38. The Balaban J connectivity index is 1.30. The molecule has 35 heavy (non-hydrogen) atoms. The molecule has 0 bridgehead atoms. The standard InChI is InChI=1S/C26H23BrN4O4/c27-19-1-3-23-21(14-19)18(15-29-23)8-10-31-12-11-30(20-2-4-22-17(13-20)7-9-28-22)16-26(31)34-24(32)5-6-25(33)35-26/h1-7,9,13-15,28-29H,8,10-12,16H2. The van der Waals surface area contributed by atoms with E-state index in [0.29, 0.717) is 26.1 Å². The number of hydrogen-bond acceptors (Lipinski definition) is 6. The molecular weight excluding hydrogens is 512 g/mol. The van der Waals surface area contributed by atoms with Crippen molar-refractivity contribution < 1.29 is 19.1 Å². The fraction of sp³-hybridized carbons (Fsp3) is 0.231. The van der Waals surface area contributed by atoms with Crippen LogP contribution in [0, 0.1) is 0 Å². The molecule has 178 valence electrons. The average molecular weight is 535 g/mol. The van der Waals surface area contributed by atoms with Crippen molar-refractivity contribution in [3.63, 3.8) is 0 Å². The molecule has 0 saturated carbocycles. The molecule has 9 heteroatoms. The first-order valence-electron chi connectivity index (χ1n) is 11.5. The first kappa shape index (κ1) is 21.9. The predicted molar refractivity (Wildman–Crippen MR) is 136 cm³/mol. The van der Waals surface area contributed by atoms with Crippen molar-refractivity contribution in [1.82, 2.24) is 14.9 Å². The van der Waals surface area contributed by atoms with Crippen LogP contribution in [0.2, 0.25) is 0 Å². The van der Waals surface area contributed by atoms with Crippen LogP contribution in [0.1, 0.15) is 5.56 Å².